The number of phenols is 1. The summed E-state index contributed by atoms with van der Waals surface area (Å²) in [5.74, 6) is 0.491. The third-order valence-electron chi connectivity index (χ3n) is 8.73. The van der Waals surface area contributed by atoms with Gasteiger partial charge >= 0.3 is 6.01 Å². The lowest BCUT2D eigenvalue weighted by Gasteiger charge is -2.50. The molecule has 2 aliphatic rings. The topological polar surface area (TPSA) is 69.5 Å². The maximum Gasteiger partial charge on any atom is 0.316 e. The third kappa shape index (κ3) is 3.34. The monoisotopic (exact) mass is 505 g/mol. The summed E-state index contributed by atoms with van der Waals surface area (Å²) in [6.07, 6.45) is 3.40. The number of piperidine rings is 1. The molecule has 1 saturated carbocycles. The number of hydrogen-bond acceptors (Lipinski definition) is 5. The van der Waals surface area contributed by atoms with Crippen molar-refractivity contribution in [3.05, 3.63) is 53.3 Å². The summed E-state index contributed by atoms with van der Waals surface area (Å²) in [6, 6.07) is 11.8. The number of phenolic OH excluding ortho intramolecular Hbond substituents is 1. The number of aromatic hydroxyl groups is 2. The molecule has 2 heterocycles. The van der Waals surface area contributed by atoms with E-state index >= 15 is 4.39 Å². The van der Waals surface area contributed by atoms with E-state index in [2.05, 4.69) is 35.6 Å². The summed E-state index contributed by atoms with van der Waals surface area (Å²) in [4.78, 5) is 10.7. The van der Waals surface area contributed by atoms with Crippen LogP contribution >= 0.6 is 11.6 Å². The van der Waals surface area contributed by atoms with E-state index in [0.717, 1.165) is 43.1 Å². The fourth-order valence-electron chi connectivity index (χ4n) is 7.36. The molecule has 2 bridgehead atoms. The highest BCUT2D eigenvalue weighted by Gasteiger charge is 2.56. The molecule has 1 aromatic heterocycles. The summed E-state index contributed by atoms with van der Waals surface area (Å²) in [7, 11) is 0. The number of fused-ring (bicyclic) bond motifs is 4. The van der Waals surface area contributed by atoms with Crippen LogP contribution in [0.25, 0.3) is 32.8 Å². The summed E-state index contributed by atoms with van der Waals surface area (Å²) in [5, 5.41) is 23.0. The fraction of sp³-hybridized carbons (Fsp3) is 0.379. The molecule has 0 amide bonds. The standard InChI is InChI=1S/C29H29ClFN3O2/c1-4-22-28(2)9-10-29(22,3)15-34(14-28)26-20-13-21(30)23(24(31)25(20)32-27(36)33-26)19-12-17(35)11-16-7-5-6-8-18(16)19/h5-8,11-13,22,35H,4,9-10,14-15H2,1-3H3,(H,32,33,36). The minimum Gasteiger partial charge on any atom is -0.508 e. The Kier molecular flexibility index (Phi) is 5.14. The molecule has 1 aliphatic heterocycles. The first-order valence-corrected chi connectivity index (χ1v) is 12.9. The van der Waals surface area contributed by atoms with Crippen LogP contribution in [0.5, 0.6) is 11.8 Å². The van der Waals surface area contributed by atoms with E-state index in [1.165, 1.54) is 6.07 Å². The van der Waals surface area contributed by atoms with Gasteiger partial charge in [0.2, 0.25) is 0 Å². The van der Waals surface area contributed by atoms with Crippen LogP contribution < -0.4 is 4.90 Å². The zero-order chi connectivity index (χ0) is 25.4. The Hall–Kier alpha value is -3.12. The molecule has 3 aromatic carbocycles. The van der Waals surface area contributed by atoms with E-state index in [4.69, 9.17) is 11.6 Å². The molecule has 2 N–H and O–H groups in total. The van der Waals surface area contributed by atoms with E-state index in [-0.39, 0.29) is 32.7 Å². The number of halogens is 2. The zero-order valence-electron chi connectivity index (χ0n) is 20.6. The number of hydrogen-bond donors (Lipinski definition) is 2. The molecule has 1 aliphatic carbocycles. The average Bonchev–Trinajstić information content (AvgIpc) is 2.98. The fourth-order valence-corrected chi connectivity index (χ4v) is 7.65. The van der Waals surface area contributed by atoms with Crippen molar-refractivity contribution in [3.63, 3.8) is 0 Å². The summed E-state index contributed by atoms with van der Waals surface area (Å²) in [6.45, 7) is 8.49. The number of anilines is 1. The summed E-state index contributed by atoms with van der Waals surface area (Å²) in [5.41, 5.74) is 0.875. The van der Waals surface area contributed by atoms with Crippen LogP contribution in [-0.4, -0.2) is 33.3 Å². The smallest absolute Gasteiger partial charge is 0.316 e. The van der Waals surface area contributed by atoms with Gasteiger partial charge in [-0.05, 0) is 64.1 Å². The van der Waals surface area contributed by atoms with Gasteiger partial charge in [-0.25, -0.2) is 4.39 Å². The second kappa shape index (κ2) is 7.94. The van der Waals surface area contributed by atoms with Crippen LogP contribution in [0.1, 0.15) is 40.0 Å². The van der Waals surface area contributed by atoms with Crippen LogP contribution in [0.3, 0.4) is 0 Å². The summed E-state index contributed by atoms with van der Waals surface area (Å²) >= 11 is 6.76. The van der Waals surface area contributed by atoms with E-state index in [1.54, 1.807) is 12.1 Å². The van der Waals surface area contributed by atoms with Crippen molar-refractivity contribution in [2.24, 2.45) is 16.7 Å². The van der Waals surface area contributed by atoms with Crippen molar-refractivity contribution in [1.29, 1.82) is 0 Å². The Bertz CT molecular complexity index is 1520. The molecule has 0 spiro atoms. The second-order valence-corrected chi connectivity index (χ2v) is 11.5. The van der Waals surface area contributed by atoms with Crippen LogP contribution in [0.4, 0.5) is 10.2 Å². The molecule has 4 aromatic rings. The van der Waals surface area contributed by atoms with Gasteiger partial charge in [-0.1, -0.05) is 63.1 Å². The zero-order valence-corrected chi connectivity index (χ0v) is 21.4. The van der Waals surface area contributed by atoms with Gasteiger partial charge in [0.05, 0.1) is 5.02 Å². The van der Waals surface area contributed by atoms with Gasteiger partial charge in [-0.2, -0.15) is 9.97 Å². The van der Waals surface area contributed by atoms with Gasteiger partial charge in [0.15, 0.2) is 5.82 Å². The largest absolute Gasteiger partial charge is 0.508 e. The van der Waals surface area contributed by atoms with Crippen molar-refractivity contribution in [2.45, 2.75) is 40.0 Å². The quantitative estimate of drug-likeness (QED) is 0.305. The molecule has 6 rings (SSSR count). The van der Waals surface area contributed by atoms with Gasteiger partial charge < -0.3 is 15.1 Å². The highest BCUT2D eigenvalue weighted by molar-refractivity contribution is 6.35. The van der Waals surface area contributed by atoms with Crippen LogP contribution in [-0.2, 0) is 0 Å². The Labute approximate surface area is 214 Å². The minimum absolute atomic E-state index is 0.0150. The maximum atomic E-state index is 16.2. The summed E-state index contributed by atoms with van der Waals surface area (Å²) < 4.78 is 16.2. The molecule has 186 valence electrons. The van der Waals surface area contributed by atoms with E-state index in [0.29, 0.717) is 22.7 Å². The number of benzene rings is 3. The van der Waals surface area contributed by atoms with Crippen LogP contribution in [0, 0.1) is 22.6 Å². The molecule has 2 unspecified atom stereocenters. The predicted molar refractivity (Wildman–Crippen MR) is 142 cm³/mol. The van der Waals surface area contributed by atoms with Crippen molar-refractivity contribution < 1.29 is 14.6 Å². The molecular formula is C29H29ClFN3O2. The molecule has 5 nitrogen and oxygen atoms in total. The molecule has 36 heavy (non-hydrogen) atoms. The van der Waals surface area contributed by atoms with Gasteiger partial charge in [0, 0.05) is 24.0 Å². The lowest BCUT2D eigenvalue weighted by molar-refractivity contribution is 0.0946. The Morgan fingerprint density at radius 3 is 2.42 bits per heavy atom. The minimum atomic E-state index is -0.643. The highest BCUT2D eigenvalue weighted by Crippen LogP contribution is 2.60. The normalized spacial score (nSPS) is 25.7. The molecule has 2 atom stereocenters. The van der Waals surface area contributed by atoms with Gasteiger partial charge in [0.1, 0.15) is 17.1 Å². The molecule has 1 saturated heterocycles. The van der Waals surface area contributed by atoms with Gasteiger partial charge in [-0.15, -0.1) is 0 Å². The van der Waals surface area contributed by atoms with E-state index in [1.807, 2.05) is 24.3 Å². The second-order valence-electron chi connectivity index (χ2n) is 11.1. The Morgan fingerprint density at radius 2 is 1.72 bits per heavy atom. The SMILES string of the molecule is CCC1C2(C)CCC1(C)CN(c1nc(O)nc3c(F)c(-c4cc(O)cc5ccccc45)c(Cl)cc13)C2. The molecule has 2 fully saturated rings. The first-order chi connectivity index (χ1) is 17.1. The van der Waals surface area contributed by atoms with Crippen molar-refractivity contribution in [1.82, 2.24) is 9.97 Å². The maximum absolute atomic E-state index is 16.2. The van der Waals surface area contributed by atoms with Crippen LogP contribution in [0.15, 0.2) is 42.5 Å². The number of rotatable bonds is 3. The lowest BCUT2D eigenvalue weighted by atomic mass is 9.66. The number of aromatic nitrogens is 2. The van der Waals surface area contributed by atoms with Crippen LogP contribution in [0.2, 0.25) is 5.02 Å². The highest BCUT2D eigenvalue weighted by atomic mass is 35.5. The Morgan fingerprint density at radius 1 is 1.03 bits per heavy atom. The van der Waals surface area contributed by atoms with E-state index < -0.39 is 11.8 Å². The van der Waals surface area contributed by atoms with Crippen molar-refractivity contribution >= 4 is 39.1 Å². The number of nitrogens with zero attached hydrogens (tertiary/aromatic N) is 3. The molecule has 0 radical (unpaired) electrons. The average molecular weight is 506 g/mol. The first-order valence-electron chi connectivity index (χ1n) is 12.5. The van der Waals surface area contributed by atoms with Crippen molar-refractivity contribution in [2.75, 3.05) is 18.0 Å². The molecule has 7 heteroatoms. The molecular weight excluding hydrogens is 477 g/mol. The van der Waals surface area contributed by atoms with Gasteiger partial charge in [0.25, 0.3) is 0 Å². The van der Waals surface area contributed by atoms with Gasteiger partial charge in [-0.3, -0.25) is 0 Å². The third-order valence-corrected chi connectivity index (χ3v) is 9.03. The van der Waals surface area contributed by atoms with Crippen molar-refractivity contribution in [3.8, 4) is 22.9 Å². The Balaban J connectivity index is 1.56. The predicted octanol–water partition coefficient (Wildman–Crippen LogP) is 7.31. The lowest BCUT2D eigenvalue weighted by Crippen LogP contribution is -2.52. The van der Waals surface area contributed by atoms with E-state index in [9.17, 15) is 10.2 Å². The first kappa shape index (κ1) is 23.3.